The number of carbonyl (C=O) groups excluding carboxylic acids is 3. The van der Waals surface area contributed by atoms with Gasteiger partial charge < -0.3 is 5.32 Å². The first kappa shape index (κ1) is 22.5. The number of amides is 4. The standard InChI is InChI=1S/C24H30N4O3S/c1-2-7-17-9-11-18(12-10-17)21(19-8-6-15-32-19)25-16-20(29)27-28-22(30)24(26-23(28)31)13-4-3-5-14-24/h6,8-12,15,21,25H,2-5,7,13-14,16H2,1H3,(H,26,31)(H,27,29)/t21-/m1/s1. The summed E-state index contributed by atoms with van der Waals surface area (Å²) in [5.41, 5.74) is 4.00. The largest absolute Gasteiger partial charge is 0.344 e. The fraction of sp³-hybridized carbons (Fsp3) is 0.458. The summed E-state index contributed by atoms with van der Waals surface area (Å²) in [6, 6.07) is 11.7. The molecule has 32 heavy (non-hydrogen) atoms. The van der Waals surface area contributed by atoms with Gasteiger partial charge in [0.15, 0.2) is 0 Å². The van der Waals surface area contributed by atoms with Crippen LogP contribution in [0, 0.1) is 0 Å². The van der Waals surface area contributed by atoms with Crippen molar-refractivity contribution < 1.29 is 14.4 Å². The fourth-order valence-electron chi connectivity index (χ4n) is 4.58. The van der Waals surface area contributed by atoms with Gasteiger partial charge in [-0.1, -0.05) is 62.9 Å². The lowest BCUT2D eigenvalue weighted by molar-refractivity contribution is -0.139. The monoisotopic (exact) mass is 454 g/mol. The van der Waals surface area contributed by atoms with Crippen LogP contribution in [0.4, 0.5) is 4.79 Å². The molecular formula is C24H30N4O3S. The van der Waals surface area contributed by atoms with Gasteiger partial charge in [0, 0.05) is 4.88 Å². The van der Waals surface area contributed by atoms with Gasteiger partial charge in [-0.05, 0) is 41.8 Å². The van der Waals surface area contributed by atoms with Crippen molar-refractivity contribution in [3.05, 3.63) is 57.8 Å². The number of nitrogens with zero attached hydrogens (tertiary/aromatic N) is 1. The number of rotatable bonds is 8. The molecule has 8 heteroatoms. The van der Waals surface area contributed by atoms with E-state index in [0.29, 0.717) is 12.8 Å². The Balaban J connectivity index is 1.40. The molecule has 1 saturated carbocycles. The summed E-state index contributed by atoms with van der Waals surface area (Å²) >= 11 is 1.62. The Morgan fingerprint density at radius 2 is 1.91 bits per heavy atom. The van der Waals surface area contributed by atoms with Crippen molar-refractivity contribution in [1.82, 2.24) is 21.1 Å². The van der Waals surface area contributed by atoms with Gasteiger partial charge in [0.1, 0.15) is 5.54 Å². The van der Waals surface area contributed by atoms with E-state index < -0.39 is 17.5 Å². The molecule has 2 heterocycles. The summed E-state index contributed by atoms with van der Waals surface area (Å²) in [6.07, 6.45) is 6.23. The molecule has 2 fully saturated rings. The second kappa shape index (κ2) is 9.83. The minimum atomic E-state index is -0.851. The van der Waals surface area contributed by atoms with Crippen molar-refractivity contribution in [2.75, 3.05) is 6.54 Å². The van der Waals surface area contributed by atoms with E-state index in [0.717, 1.165) is 47.6 Å². The van der Waals surface area contributed by atoms with Gasteiger partial charge in [0.25, 0.3) is 11.8 Å². The lowest BCUT2D eigenvalue weighted by Gasteiger charge is -2.30. The van der Waals surface area contributed by atoms with E-state index in [9.17, 15) is 14.4 Å². The summed E-state index contributed by atoms with van der Waals surface area (Å²) < 4.78 is 0. The average molecular weight is 455 g/mol. The quantitative estimate of drug-likeness (QED) is 0.531. The van der Waals surface area contributed by atoms with Gasteiger partial charge in [0.05, 0.1) is 12.6 Å². The summed E-state index contributed by atoms with van der Waals surface area (Å²) in [5.74, 6) is -0.776. The van der Waals surface area contributed by atoms with Gasteiger partial charge in [-0.3, -0.25) is 20.3 Å². The van der Waals surface area contributed by atoms with Crippen molar-refractivity contribution in [2.45, 2.75) is 63.5 Å². The van der Waals surface area contributed by atoms with Gasteiger partial charge in [-0.25, -0.2) is 4.79 Å². The number of carbonyl (C=O) groups is 3. The van der Waals surface area contributed by atoms with E-state index in [2.05, 4.69) is 47.2 Å². The Morgan fingerprint density at radius 3 is 2.56 bits per heavy atom. The number of hydrogen-bond donors (Lipinski definition) is 3. The highest BCUT2D eigenvalue weighted by Crippen LogP contribution is 2.33. The Bertz CT molecular complexity index is 952. The lowest BCUT2D eigenvalue weighted by Crippen LogP contribution is -2.52. The molecule has 4 amide bonds. The molecule has 1 aliphatic heterocycles. The van der Waals surface area contributed by atoms with Crippen LogP contribution in [0.1, 0.15) is 67.5 Å². The number of hydrazine groups is 1. The summed E-state index contributed by atoms with van der Waals surface area (Å²) in [5, 5.41) is 8.96. The van der Waals surface area contributed by atoms with E-state index in [-0.39, 0.29) is 18.5 Å². The van der Waals surface area contributed by atoms with E-state index >= 15 is 0 Å². The second-order valence-electron chi connectivity index (χ2n) is 8.57. The number of thiophene rings is 1. The minimum Gasteiger partial charge on any atom is -0.322 e. The molecule has 0 radical (unpaired) electrons. The van der Waals surface area contributed by atoms with Crippen LogP contribution >= 0.6 is 11.3 Å². The van der Waals surface area contributed by atoms with Gasteiger partial charge in [0.2, 0.25) is 0 Å². The second-order valence-corrected chi connectivity index (χ2v) is 9.55. The molecule has 1 aliphatic carbocycles. The maximum absolute atomic E-state index is 12.9. The topological polar surface area (TPSA) is 90.5 Å². The highest BCUT2D eigenvalue weighted by molar-refractivity contribution is 7.10. The maximum Gasteiger partial charge on any atom is 0.344 e. The molecule has 1 spiro atoms. The van der Waals surface area contributed by atoms with Crippen LogP contribution in [0.2, 0.25) is 0 Å². The predicted molar refractivity (Wildman–Crippen MR) is 124 cm³/mol. The Labute approximate surface area is 192 Å². The van der Waals surface area contributed by atoms with Crippen LogP contribution in [0.15, 0.2) is 41.8 Å². The normalized spacial score (nSPS) is 18.6. The van der Waals surface area contributed by atoms with Crippen molar-refractivity contribution >= 4 is 29.2 Å². The average Bonchev–Trinajstić information content (AvgIpc) is 3.40. The molecule has 2 aromatic rings. The number of aryl methyl sites for hydroxylation is 1. The van der Waals surface area contributed by atoms with Gasteiger partial charge in [-0.2, -0.15) is 5.01 Å². The molecular weight excluding hydrogens is 424 g/mol. The summed E-state index contributed by atoms with van der Waals surface area (Å²) in [7, 11) is 0. The molecule has 4 rings (SSSR count). The number of urea groups is 1. The smallest absolute Gasteiger partial charge is 0.322 e. The number of benzene rings is 1. The third-order valence-electron chi connectivity index (χ3n) is 6.25. The summed E-state index contributed by atoms with van der Waals surface area (Å²) in [6.45, 7) is 2.13. The van der Waals surface area contributed by atoms with Crippen LogP contribution in [-0.4, -0.2) is 34.9 Å². The minimum absolute atomic E-state index is 0.0245. The molecule has 7 nitrogen and oxygen atoms in total. The van der Waals surface area contributed by atoms with Gasteiger partial charge in [-0.15, -0.1) is 11.3 Å². The maximum atomic E-state index is 12.9. The van der Waals surface area contributed by atoms with E-state index in [1.54, 1.807) is 11.3 Å². The van der Waals surface area contributed by atoms with Crippen LogP contribution < -0.4 is 16.1 Å². The molecule has 1 aromatic heterocycles. The molecule has 2 aliphatic rings. The Morgan fingerprint density at radius 1 is 1.16 bits per heavy atom. The first-order chi connectivity index (χ1) is 15.5. The number of nitrogens with one attached hydrogen (secondary N) is 3. The third-order valence-corrected chi connectivity index (χ3v) is 7.19. The predicted octanol–water partition coefficient (Wildman–Crippen LogP) is 3.67. The Hall–Kier alpha value is -2.71. The number of imide groups is 1. The van der Waals surface area contributed by atoms with Crippen molar-refractivity contribution in [1.29, 1.82) is 0 Å². The third kappa shape index (κ3) is 4.71. The van der Waals surface area contributed by atoms with E-state index in [4.69, 9.17) is 0 Å². The highest BCUT2D eigenvalue weighted by atomic mass is 32.1. The van der Waals surface area contributed by atoms with Crippen molar-refractivity contribution in [3.63, 3.8) is 0 Å². The molecule has 170 valence electrons. The zero-order chi connectivity index (χ0) is 22.6. The van der Waals surface area contributed by atoms with E-state index in [1.165, 1.54) is 5.56 Å². The Kier molecular flexibility index (Phi) is 6.91. The van der Waals surface area contributed by atoms with Gasteiger partial charge >= 0.3 is 6.03 Å². The first-order valence-corrected chi connectivity index (χ1v) is 12.2. The number of hydrogen-bond acceptors (Lipinski definition) is 5. The molecule has 1 aromatic carbocycles. The highest BCUT2D eigenvalue weighted by Gasteiger charge is 2.52. The van der Waals surface area contributed by atoms with Crippen LogP contribution in [0.3, 0.4) is 0 Å². The van der Waals surface area contributed by atoms with Crippen LogP contribution in [-0.2, 0) is 16.0 Å². The molecule has 1 saturated heterocycles. The van der Waals surface area contributed by atoms with Crippen LogP contribution in [0.25, 0.3) is 0 Å². The van der Waals surface area contributed by atoms with Crippen molar-refractivity contribution in [2.24, 2.45) is 0 Å². The lowest BCUT2D eigenvalue weighted by atomic mass is 9.82. The summed E-state index contributed by atoms with van der Waals surface area (Å²) in [4.78, 5) is 39.0. The molecule has 1 atom stereocenters. The zero-order valence-corrected chi connectivity index (χ0v) is 19.2. The van der Waals surface area contributed by atoms with E-state index in [1.807, 2.05) is 17.5 Å². The van der Waals surface area contributed by atoms with Crippen LogP contribution in [0.5, 0.6) is 0 Å². The zero-order valence-electron chi connectivity index (χ0n) is 18.4. The molecule has 3 N–H and O–H groups in total. The van der Waals surface area contributed by atoms with Crippen molar-refractivity contribution in [3.8, 4) is 0 Å². The SMILES string of the molecule is CCCc1ccc([C@@H](NCC(=O)NN2C(=O)NC3(CCCCC3)C2=O)c2cccs2)cc1. The fourth-order valence-corrected chi connectivity index (χ4v) is 5.41. The first-order valence-electron chi connectivity index (χ1n) is 11.3. The molecule has 0 unspecified atom stereocenters. The molecule has 0 bridgehead atoms.